The van der Waals surface area contributed by atoms with Crippen LogP contribution < -0.4 is 10.1 Å². The van der Waals surface area contributed by atoms with Crippen LogP contribution in [0.1, 0.15) is 31.7 Å². The molecule has 0 saturated heterocycles. The molecule has 0 aliphatic carbocycles. The Kier molecular flexibility index (Phi) is 3.31. The van der Waals surface area contributed by atoms with Crippen LogP contribution in [0.15, 0.2) is 24.3 Å². The van der Waals surface area contributed by atoms with E-state index in [2.05, 4.69) is 10.1 Å². The first-order valence-corrected chi connectivity index (χ1v) is 5.89. The third kappa shape index (κ3) is 7.15. The molecule has 0 bridgehead atoms. The van der Waals surface area contributed by atoms with Crippen molar-refractivity contribution in [1.29, 1.82) is 0 Å². The molecule has 0 spiro atoms. The maximum Gasteiger partial charge on any atom is 0.119 e. The lowest BCUT2D eigenvalue weighted by molar-refractivity contribution is 0.104. The number of aliphatic hydroxyl groups excluding tert-OH is 1. The summed E-state index contributed by atoms with van der Waals surface area (Å²) in [5, 5.41) is 12.8. The van der Waals surface area contributed by atoms with Gasteiger partial charge in [0.1, 0.15) is 18.4 Å². The van der Waals surface area contributed by atoms with Crippen LogP contribution in [0.25, 0.3) is 0 Å². The maximum atomic E-state index is 9.94. The monoisotopic (exact) mass is 276 g/mol. The molecule has 0 aliphatic heterocycles. The molecule has 0 aromatic heterocycles. The van der Waals surface area contributed by atoms with Gasteiger partial charge in [-0.05, 0) is 24.1 Å². The summed E-state index contributed by atoms with van der Waals surface area (Å²) in [6, 6.07) is 4.69. The van der Waals surface area contributed by atoms with Gasteiger partial charge < -0.3 is 19.9 Å². The highest BCUT2D eigenvalue weighted by Crippen LogP contribution is 2.12. The number of hydrogen-bond donors (Lipinski definition) is 2. The minimum atomic E-state index is -3.14. The van der Waals surface area contributed by atoms with Gasteiger partial charge in [0.15, 0.2) is 0 Å². The molecule has 108 valence electrons. The summed E-state index contributed by atoms with van der Waals surface area (Å²) in [5.74, 6) is -0.0227. The van der Waals surface area contributed by atoms with Gasteiger partial charge in [0, 0.05) is 22.4 Å². The zero-order valence-corrected chi connectivity index (χ0v) is 10.9. The zero-order valence-electron chi connectivity index (χ0n) is 19.9. The van der Waals surface area contributed by atoms with Crippen LogP contribution in [-0.2, 0) is 11.1 Å². The molecule has 1 aromatic rings. The van der Waals surface area contributed by atoms with E-state index < -0.39 is 32.6 Å². The van der Waals surface area contributed by atoms with Gasteiger partial charge in [-0.25, -0.2) is 0 Å². The second-order valence-electron chi connectivity index (χ2n) is 4.15. The van der Waals surface area contributed by atoms with Gasteiger partial charge in [0.2, 0.25) is 0 Å². The minimum Gasteiger partial charge on any atom is -0.491 e. The molecule has 0 radical (unpaired) electrons. The number of ether oxygens (including phenoxy) is 2. The molecule has 1 rings (SSSR count). The van der Waals surface area contributed by atoms with E-state index in [4.69, 9.17) is 17.1 Å². The summed E-state index contributed by atoms with van der Waals surface area (Å²) in [4.78, 5) is 0. The van der Waals surface area contributed by atoms with Gasteiger partial charge in [-0.2, -0.15) is 0 Å². The van der Waals surface area contributed by atoms with Crippen LogP contribution in [-0.4, -0.2) is 44.0 Å². The first kappa shape index (κ1) is 7.07. The Labute approximate surface area is 128 Å². The topological polar surface area (TPSA) is 50.7 Å². The lowest BCUT2D eigenvalue weighted by Gasteiger charge is -2.15. The zero-order chi connectivity index (χ0) is 22.0. The largest absolute Gasteiger partial charge is 0.491 e. The number of hydrogen-bond acceptors (Lipinski definition) is 4. The summed E-state index contributed by atoms with van der Waals surface area (Å²) in [5.41, 5.74) is -0.225. The second kappa shape index (κ2) is 8.91. The predicted octanol–water partition coefficient (Wildman–Crippen LogP) is 1.61. The minimum absolute atomic E-state index is 0.0227. The average molecular weight is 276 g/mol. The van der Waals surface area contributed by atoms with E-state index in [0.717, 1.165) is 12.1 Å². The van der Waals surface area contributed by atoms with Crippen LogP contribution in [0.4, 0.5) is 0 Å². The first-order valence-electron chi connectivity index (χ1n) is 10.4. The molecule has 4 nitrogen and oxygen atoms in total. The van der Waals surface area contributed by atoms with Crippen LogP contribution >= 0.6 is 0 Å². The molecule has 2 N–H and O–H groups in total. The van der Waals surface area contributed by atoms with E-state index in [-0.39, 0.29) is 23.9 Å². The maximum absolute atomic E-state index is 9.94. The highest BCUT2D eigenvalue weighted by Gasteiger charge is 2.05. The van der Waals surface area contributed by atoms with Crippen LogP contribution in [0.3, 0.4) is 0 Å². The van der Waals surface area contributed by atoms with Crippen molar-refractivity contribution in [3.05, 3.63) is 29.8 Å². The third-order valence-corrected chi connectivity index (χ3v) is 2.13. The van der Waals surface area contributed by atoms with Crippen molar-refractivity contribution in [3.63, 3.8) is 0 Å². The van der Waals surface area contributed by atoms with E-state index in [9.17, 15) is 5.11 Å². The Morgan fingerprint density at radius 2 is 2.11 bits per heavy atom. The molecule has 1 unspecified atom stereocenters. The number of benzene rings is 1. The molecule has 1 atom stereocenters. The van der Waals surface area contributed by atoms with Crippen molar-refractivity contribution in [3.8, 4) is 5.75 Å². The molecule has 4 heteroatoms. The summed E-state index contributed by atoms with van der Waals surface area (Å²) < 4.78 is 77.1. The number of rotatable bonds is 9. The van der Waals surface area contributed by atoms with E-state index in [1.807, 2.05) is 13.8 Å². The van der Waals surface area contributed by atoms with Crippen molar-refractivity contribution in [2.75, 3.05) is 26.7 Å². The number of methoxy groups -OCH3 is 1. The fourth-order valence-corrected chi connectivity index (χ4v) is 1.22. The Morgan fingerprint density at radius 1 is 1.37 bits per heavy atom. The molecule has 0 heterocycles. The molecule has 0 fully saturated rings. The molecule has 1 aromatic carbocycles. The quantitative estimate of drug-likeness (QED) is 0.719. The second-order valence-corrected chi connectivity index (χ2v) is 4.15. The Hall–Kier alpha value is -1.10. The van der Waals surface area contributed by atoms with E-state index >= 15 is 0 Å². The van der Waals surface area contributed by atoms with Crippen molar-refractivity contribution in [1.82, 2.24) is 5.32 Å². The van der Waals surface area contributed by atoms with Gasteiger partial charge in [-0.15, -0.1) is 0 Å². The molecular weight excluding hydrogens is 242 g/mol. The summed E-state index contributed by atoms with van der Waals surface area (Å²) >= 11 is 0. The molecule has 0 aliphatic rings. The van der Waals surface area contributed by atoms with Crippen molar-refractivity contribution in [2.24, 2.45) is 0 Å². The van der Waals surface area contributed by atoms with E-state index in [0.29, 0.717) is 0 Å². The molecule has 0 saturated carbocycles. The van der Waals surface area contributed by atoms with Crippen LogP contribution in [0, 0.1) is 0 Å². The van der Waals surface area contributed by atoms with Gasteiger partial charge in [0.05, 0.1) is 16.2 Å². The average Bonchev–Trinajstić information content (AvgIpc) is 2.50. The predicted molar refractivity (Wildman–Crippen MR) is 76.7 cm³/mol. The van der Waals surface area contributed by atoms with Crippen molar-refractivity contribution < 1.29 is 26.9 Å². The Bertz CT molecular complexity index is 633. The lowest BCUT2D eigenvalue weighted by Crippen LogP contribution is -2.35. The first-order chi connectivity index (χ1) is 12.5. The number of nitrogens with one attached hydrogen (secondary N) is 1. The van der Waals surface area contributed by atoms with Crippen LogP contribution in [0.5, 0.6) is 5.75 Å². The Balaban J connectivity index is 2.93. The molecule has 0 amide bonds. The summed E-state index contributed by atoms with van der Waals surface area (Å²) in [6.07, 6.45) is -4.28. The van der Waals surface area contributed by atoms with Gasteiger partial charge in [0.25, 0.3) is 0 Å². The fraction of sp³-hybridized carbons (Fsp3) is 0.600. The van der Waals surface area contributed by atoms with Gasteiger partial charge >= 0.3 is 0 Å². The normalized spacial score (nSPS) is 22.6. The van der Waals surface area contributed by atoms with Crippen molar-refractivity contribution >= 4 is 0 Å². The standard InChI is InChI=1S/C15H25NO3/c1-12(2)16-10-14(17)11-19-15-6-4-13(5-7-15)8-9-18-3/h4-7,12,14,16-17H,8-11H2,1-3H3/i3D3,8D2,9D2,11D2. The summed E-state index contributed by atoms with van der Waals surface area (Å²) in [6.45, 7) is -1.94. The smallest absolute Gasteiger partial charge is 0.119 e. The van der Waals surface area contributed by atoms with Gasteiger partial charge in [-0.3, -0.25) is 0 Å². The highest BCUT2D eigenvalue weighted by atomic mass is 16.5. The molecule has 19 heavy (non-hydrogen) atoms. The molecular formula is C15H25NO3. The Morgan fingerprint density at radius 3 is 2.74 bits per heavy atom. The number of aryl methyl sites for hydroxylation is 1. The lowest BCUT2D eigenvalue weighted by atomic mass is 10.1. The van der Waals surface area contributed by atoms with Crippen LogP contribution in [0.2, 0.25) is 0 Å². The fourth-order valence-electron chi connectivity index (χ4n) is 1.22. The third-order valence-electron chi connectivity index (χ3n) is 2.13. The van der Waals surface area contributed by atoms with Gasteiger partial charge in [-0.1, -0.05) is 26.0 Å². The van der Waals surface area contributed by atoms with E-state index in [1.54, 1.807) is 0 Å². The van der Waals surface area contributed by atoms with Crippen molar-refractivity contribution in [2.45, 2.75) is 32.4 Å². The summed E-state index contributed by atoms with van der Waals surface area (Å²) in [7, 11) is -3.13. The van der Waals surface area contributed by atoms with E-state index in [1.165, 1.54) is 12.1 Å². The number of aliphatic hydroxyl groups is 1. The highest BCUT2D eigenvalue weighted by molar-refractivity contribution is 5.27. The SMILES string of the molecule is [2H]C([2H])([2H])OC([2H])([2H])C([2H])([2H])c1ccc(OC([2H])([2H])C(O)CNC(C)C)cc1.